The van der Waals surface area contributed by atoms with Gasteiger partial charge in [-0.25, -0.2) is 13.8 Å². The normalized spacial score (nSPS) is 12.6. The molecule has 0 atom stereocenters. The standard InChI is InChI=1S/C26H21F5N2O2S/c1-4-12-25(2,3)24(34)35-22(15-8-5-6-9-17(15)26(29,30)31)16(13-32)23-33-20(14-36-23)21-18(27)10-7-11-19(21)28/h5-11,14H,4,12H2,1-3H3/b22-16-. The lowest BCUT2D eigenvalue weighted by Gasteiger charge is -2.24. The van der Waals surface area contributed by atoms with Gasteiger partial charge in [0.1, 0.15) is 28.3 Å². The van der Waals surface area contributed by atoms with Crippen LogP contribution in [0.4, 0.5) is 22.0 Å². The first-order valence-electron chi connectivity index (χ1n) is 10.8. The predicted molar refractivity (Wildman–Crippen MR) is 126 cm³/mol. The minimum atomic E-state index is -4.82. The zero-order valence-corrected chi connectivity index (χ0v) is 20.4. The molecular weight excluding hydrogens is 499 g/mol. The molecule has 2 aromatic carbocycles. The highest BCUT2D eigenvalue weighted by atomic mass is 32.1. The maximum atomic E-state index is 14.3. The molecule has 0 bridgehead atoms. The van der Waals surface area contributed by atoms with Crippen molar-refractivity contribution in [2.24, 2.45) is 5.41 Å². The number of carbonyl (C=O) groups excluding carboxylic acids is 1. The van der Waals surface area contributed by atoms with Crippen LogP contribution in [0.15, 0.2) is 47.8 Å². The predicted octanol–water partition coefficient (Wildman–Crippen LogP) is 7.87. The van der Waals surface area contributed by atoms with Gasteiger partial charge in [-0.15, -0.1) is 11.3 Å². The van der Waals surface area contributed by atoms with E-state index in [2.05, 4.69) is 4.98 Å². The maximum Gasteiger partial charge on any atom is 0.417 e. The smallest absolute Gasteiger partial charge is 0.417 e. The first kappa shape index (κ1) is 27.0. The lowest BCUT2D eigenvalue weighted by atomic mass is 9.88. The van der Waals surface area contributed by atoms with Crippen molar-refractivity contribution in [2.45, 2.75) is 39.8 Å². The maximum absolute atomic E-state index is 14.3. The van der Waals surface area contributed by atoms with E-state index in [1.807, 2.05) is 6.92 Å². The summed E-state index contributed by atoms with van der Waals surface area (Å²) in [6.45, 7) is 5.01. The molecule has 0 radical (unpaired) electrons. The number of nitriles is 1. The average Bonchev–Trinajstić information content (AvgIpc) is 3.27. The summed E-state index contributed by atoms with van der Waals surface area (Å²) in [5, 5.41) is 11.1. The van der Waals surface area contributed by atoms with E-state index in [1.165, 1.54) is 23.6 Å². The van der Waals surface area contributed by atoms with Crippen molar-refractivity contribution in [2.75, 3.05) is 0 Å². The fraction of sp³-hybridized carbons (Fsp3) is 0.269. The fourth-order valence-corrected chi connectivity index (χ4v) is 4.37. The number of esters is 1. The number of allylic oxidation sites excluding steroid dienone is 1. The van der Waals surface area contributed by atoms with Gasteiger partial charge in [0.05, 0.1) is 22.2 Å². The van der Waals surface area contributed by atoms with Crippen molar-refractivity contribution >= 4 is 28.6 Å². The molecule has 0 unspecified atom stereocenters. The first-order chi connectivity index (χ1) is 16.9. The molecule has 36 heavy (non-hydrogen) atoms. The number of ether oxygens (including phenoxy) is 1. The van der Waals surface area contributed by atoms with Crippen molar-refractivity contribution < 1.29 is 31.5 Å². The molecule has 10 heteroatoms. The molecule has 0 aliphatic rings. The van der Waals surface area contributed by atoms with Gasteiger partial charge in [0.25, 0.3) is 0 Å². The molecule has 1 heterocycles. The summed E-state index contributed by atoms with van der Waals surface area (Å²) < 4.78 is 75.6. The van der Waals surface area contributed by atoms with Gasteiger partial charge >= 0.3 is 12.1 Å². The van der Waals surface area contributed by atoms with Crippen LogP contribution in [0.2, 0.25) is 0 Å². The van der Waals surface area contributed by atoms with Crippen molar-refractivity contribution in [3.05, 3.63) is 75.6 Å². The number of thiazole rings is 1. The van der Waals surface area contributed by atoms with E-state index in [1.54, 1.807) is 19.9 Å². The largest absolute Gasteiger partial charge is 0.424 e. The lowest BCUT2D eigenvalue weighted by Crippen LogP contribution is -2.26. The molecule has 0 fully saturated rings. The number of carbonyl (C=O) groups is 1. The third kappa shape index (κ3) is 5.62. The Hall–Kier alpha value is -3.58. The molecule has 1 aromatic heterocycles. The van der Waals surface area contributed by atoms with Crippen molar-refractivity contribution in [1.29, 1.82) is 5.26 Å². The zero-order chi connectivity index (χ0) is 26.7. The summed E-state index contributed by atoms with van der Waals surface area (Å²) in [5.74, 6) is -3.26. The van der Waals surface area contributed by atoms with Crippen LogP contribution >= 0.6 is 11.3 Å². The van der Waals surface area contributed by atoms with Gasteiger partial charge in [0, 0.05) is 10.9 Å². The minimum absolute atomic E-state index is 0.153. The second-order valence-electron chi connectivity index (χ2n) is 8.52. The highest BCUT2D eigenvalue weighted by molar-refractivity contribution is 7.11. The first-order valence-corrected chi connectivity index (χ1v) is 11.7. The molecule has 0 aliphatic heterocycles. The van der Waals surface area contributed by atoms with E-state index < -0.39 is 57.2 Å². The van der Waals surface area contributed by atoms with Gasteiger partial charge in [0.15, 0.2) is 5.76 Å². The summed E-state index contributed by atoms with van der Waals surface area (Å²) >= 11 is 0.778. The molecular formula is C26H21F5N2O2S. The summed E-state index contributed by atoms with van der Waals surface area (Å²) in [6, 6.07) is 9.37. The molecule has 0 saturated heterocycles. The Labute approximate surface area is 208 Å². The summed E-state index contributed by atoms with van der Waals surface area (Å²) in [5.41, 5.74) is -3.78. The van der Waals surface area contributed by atoms with E-state index in [0.717, 1.165) is 35.6 Å². The highest BCUT2D eigenvalue weighted by Gasteiger charge is 2.37. The molecule has 0 spiro atoms. The molecule has 0 N–H and O–H groups in total. The van der Waals surface area contributed by atoms with Crippen LogP contribution in [-0.4, -0.2) is 11.0 Å². The van der Waals surface area contributed by atoms with Crippen LogP contribution in [-0.2, 0) is 15.7 Å². The fourth-order valence-electron chi connectivity index (χ4n) is 3.57. The van der Waals surface area contributed by atoms with E-state index in [4.69, 9.17) is 4.74 Å². The van der Waals surface area contributed by atoms with E-state index in [0.29, 0.717) is 12.8 Å². The van der Waals surface area contributed by atoms with Gasteiger partial charge in [-0.05, 0) is 38.5 Å². The molecule has 3 aromatic rings. The second kappa shape index (κ2) is 10.6. The van der Waals surface area contributed by atoms with Crippen LogP contribution in [0, 0.1) is 28.4 Å². The van der Waals surface area contributed by atoms with Crippen LogP contribution < -0.4 is 0 Å². The number of benzene rings is 2. The Kier molecular flexibility index (Phi) is 7.94. The summed E-state index contributed by atoms with van der Waals surface area (Å²) in [6.07, 6.45) is -3.83. The molecule has 0 amide bonds. The number of hydrogen-bond donors (Lipinski definition) is 0. The van der Waals surface area contributed by atoms with Crippen LogP contribution in [0.5, 0.6) is 0 Å². The Morgan fingerprint density at radius 2 is 1.72 bits per heavy atom. The van der Waals surface area contributed by atoms with E-state index in [-0.39, 0.29) is 10.7 Å². The monoisotopic (exact) mass is 520 g/mol. The topological polar surface area (TPSA) is 63.0 Å². The van der Waals surface area contributed by atoms with E-state index >= 15 is 0 Å². The van der Waals surface area contributed by atoms with Gasteiger partial charge in [-0.1, -0.05) is 37.6 Å². The number of aromatic nitrogens is 1. The highest BCUT2D eigenvalue weighted by Crippen LogP contribution is 2.40. The Morgan fingerprint density at radius 3 is 2.31 bits per heavy atom. The van der Waals surface area contributed by atoms with Gasteiger partial charge < -0.3 is 4.74 Å². The molecule has 188 valence electrons. The third-order valence-electron chi connectivity index (χ3n) is 5.38. The summed E-state index contributed by atoms with van der Waals surface area (Å²) in [4.78, 5) is 17.1. The third-order valence-corrected chi connectivity index (χ3v) is 6.24. The van der Waals surface area contributed by atoms with Gasteiger partial charge in [-0.3, -0.25) is 4.79 Å². The molecule has 3 rings (SSSR count). The quantitative estimate of drug-likeness (QED) is 0.138. The number of hydrogen-bond acceptors (Lipinski definition) is 5. The Bertz CT molecular complexity index is 1330. The van der Waals surface area contributed by atoms with Crippen LogP contribution in [0.25, 0.3) is 22.6 Å². The Morgan fingerprint density at radius 1 is 1.08 bits per heavy atom. The second-order valence-corrected chi connectivity index (χ2v) is 9.38. The van der Waals surface area contributed by atoms with Crippen LogP contribution in [0.3, 0.4) is 0 Å². The minimum Gasteiger partial charge on any atom is -0.424 e. The lowest BCUT2D eigenvalue weighted by molar-refractivity contribution is -0.147. The number of alkyl halides is 3. The van der Waals surface area contributed by atoms with Crippen molar-refractivity contribution in [3.8, 4) is 17.3 Å². The number of halogens is 5. The van der Waals surface area contributed by atoms with Gasteiger partial charge in [-0.2, -0.15) is 18.4 Å². The number of rotatable bonds is 7. The average molecular weight is 521 g/mol. The van der Waals surface area contributed by atoms with E-state index in [9.17, 15) is 32.0 Å². The van der Waals surface area contributed by atoms with Gasteiger partial charge in [0.2, 0.25) is 0 Å². The molecule has 4 nitrogen and oxygen atoms in total. The summed E-state index contributed by atoms with van der Waals surface area (Å²) in [7, 11) is 0. The van der Waals surface area contributed by atoms with Crippen molar-refractivity contribution in [1.82, 2.24) is 4.98 Å². The molecule has 0 saturated carbocycles. The zero-order valence-electron chi connectivity index (χ0n) is 19.5. The number of nitrogens with zero attached hydrogens (tertiary/aromatic N) is 2. The Balaban J connectivity index is 2.25. The SMILES string of the molecule is CCCC(C)(C)C(=O)O/C(=C(/C#N)c1nc(-c2c(F)cccc2F)cs1)c1ccccc1C(F)(F)F. The van der Waals surface area contributed by atoms with Crippen LogP contribution in [0.1, 0.15) is 49.7 Å². The van der Waals surface area contributed by atoms with Crippen molar-refractivity contribution in [3.63, 3.8) is 0 Å². The molecule has 0 aliphatic carbocycles.